The first kappa shape index (κ1) is 11.3. The molecule has 0 bridgehead atoms. The summed E-state index contributed by atoms with van der Waals surface area (Å²) < 4.78 is 10.2. The molecule has 1 amide bonds. The van der Waals surface area contributed by atoms with Crippen LogP contribution in [0.4, 0.5) is 4.79 Å². The van der Waals surface area contributed by atoms with E-state index in [2.05, 4.69) is 0 Å². The highest BCUT2D eigenvalue weighted by molar-refractivity contribution is 5.68. The fraction of sp³-hybridized carbons (Fsp3) is 0.889. The number of morpholine rings is 1. The van der Waals surface area contributed by atoms with Crippen molar-refractivity contribution in [3.63, 3.8) is 0 Å². The van der Waals surface area contributed by atoms with Gasteiger partial charge in [0, 0.05) is 0 Å². The van der Waals surface area contributed by atoms with Gasteiger partial charge in [-0.2, -0.15) is 0 Å². The van der Waals surface area contributed by atoms with E-state index in [1.54, 1.807) is 11.8 Å². The third kappa shape index (κ3) is 2.59. The molecule has 2 atom stereocenters. The van der Waals surface area contributed by atoms with Crippen LogP contribution in [0.25, 0.3) is 0 Å². The molecule has 0 aliphatic carbocycles. The lowest BCUT2D eigenvalue weighted by atomic mass is 10.2. The molecule has 2 unspecified atom stereocenters. The van der Waals surface area contributed by atoms with Crippen molar-refractivity contribution in [1.82, 2.24) is 4.90 Å². The first-order valence-electron chi connectivity index (χ1n) is 4.84. The molecule has 0 spiro atoms. The summed E-state index contributed by atoms with van der Waals surface area (Å²) in [5.74, 6) is 0. The Kier molecular flexibility index (Phi) is 4.16. The van der Waals surface area contributed by atoms with Crippen molar-refractivity contribution < 1.29 is 19.4 Å². The van der Waals surface area contributed by atoms with Crippen molar-refractivity contribution >= 4 is 6.09 Å². The number of aliphatic hydroxyl groups excluding tert-OH is 1. The van der Waals surface area contributed by atoms with Gasteiger partial charge in [0.1, 0.15) is 0 Å². The average Bonchev–Trinajstić information content (AvgIpc) is 2.19. The zero-order valence-corrected chi connectivity index (χ0v) is 8.60. The SMILES string of the molecule is CCOC(=O)N1CC(CO)OCC1C. The number of nitrogens with zero attached hydrogens (tertiary/aromatic N) is 1. The van der Waals surface area contributed by atoms with Gasteiger partial charge in [-0.15, -0.1) is 0 Å². The Hall–Kier alpha value is -0.810. The summed E-state index contributed by atoms with van der Waals surface area (Å²) in [6.07, 6.45) is -0.614. The van der Waals surface area contributed by atoms with Crippen molar-refractivity contribution in [1.29, 1.82) is 0 Å². The molecular formula is C9H17NO4. The summed E-state index contributed by atoms with van der Waals surface area (Å²) >= 11 is 0. The zero-order valence-electron chi connectivity index (χ0n) is 8.60. The molecule has 1 aliphatic rings. The highest BCUT2D eigenvalue weighted by Gasteiger charge is 2.29. The van der Waals surface area contributed by atoms with Gasteiger partial charge in [-0.3, -0.25) is 0 Å². The van der Waals surface area contributed by atoms with E-state index >= 15 is 0 Å². The van der Waals surface area contributed by atoms with Crippen LogP contribution in [0, 0.1) is 0 Å². The van der Waals surface area contributed by atoms with E-state index in [-0.39, 0.29) is 24.8 Å². The monoisotopic (exact) mass is 203 g/mol. The number of rotatable bonds is 2. The molecule has 1 aliphatic heterocycles. The maximum Gasteiger partial charge on any atom is 0.410 e. The second-order valence-electron chi connectivity index (χ2n) is 3.34. The molecule has 0 aromatic rings. The van der Waals surface area contributed by atoms with Crippen LogP contribution in [0.1, 0.15) is 13.8 Å². The van der Waals surface area contributed by atoms with Gasteiger partial charge in [0.15, 0.2) is 0 Å². The smallest absolute Gasteiger partial charge is 0.410 e. The Labute approximate surface area is 83.6 Å². The van der Waals surface area contributed by atoms with Crippen molar-refractivity contribution in [2.45, 2.75) is 26.0 Å². The Morgan fingerprint density at radius 1 is 1.71 bits per heavy atom. The minimum atomic E-state index is -0.332. The van der Waals surface area contributed by atoms with E-state index in [4.69, 9.17) is 14.6 Å². The first-order chi connectivity index (χ1) is 6.69. The summed E-state index contributed by atoms with van der Waals surface area (Å²) in [5, 5.41) is 8.90. The Bertz CT molecular complexity index is 197. The van der Waals surface area contributed by atoms with E-state index in [1.807, 2.05) is 6.92 Å². The van der Waals surface area contributed by atoms with Crippen molar-refractivity contribution in [3.05, 3.63) is 0 Å². The van der Waals surface area contributed by atoms with Crippen LogP contribution in [-0.2, 0) is 9.47 Å². The second kappa shape index (κ2) is 5.17. The lowest BCUT2D eigenvalue weighted by Gasteiger charge is -2.36. The zero-order chi connectivity index (χ0) is 10.6. The van der Waals surface area contributed by atoms with Gasteiger partial charge in [0.25, 0.3) is 0 Å². The Morgan fingerprint density at radius 3 is 3.00 bits per heavy atom. The van der Waals surface area contributed by atoms with Crippen LogP contribution in [-0.4, -0.2) is 54.6 Å². The first-order valence-corrected chi connectivity index (χ1v) is 4.84. The van der Waals surface area contributed by atoms with Crippen LogP contribution in [0.2, 0.25) is 0 Å². The standard InChI is InChI=1S/C9H17NO4/c1-3-13-9(12)10-4-8(5-11)14-6-7(10)2/h7-8,11H,3-6H2,1-2H3. The molecule has 1 rings (SSSR count). The van der Waals surface area contributed by atoms with Crippen molar-refractivity contribution in [2.75, 3.05) is 26.4 Å². The fourth-order valence-electron chi connectivity index (χ4n) is 1.39. The van der Waals surface area contributed by atoms with Crippen LogP contribution in [0.5, 0.6) is 0 Å². The van der Waals surface area contributed by atoms with Crippen molar-refractivity contribution in [3.8, 4) is 0 Å². The number of ether oxygens (including phenoxy) is 2. The third-order valence-corrected chi connectivity index (χ3v) is 2.21. The number of hydrogen-bond acceptors (Lipinski definition) is 4. The van der Waals surface area contributed by atoms with Crippen molar-refractivity contribution in [2.24, 2.45) is 0 Å². The molecule has 0 saturated carbocycles. The van der Waals surface area contributed by atoms with Crippen LogP contribution in [0.15, 0.2) is 0 Å². The van der Waals surface area contributed by atoms with Gasteiger partial charge < -0.3 is 19.5 Å². The molecule has 0 aromatic heterocycles. The molecule has 0 aromatic carbocycles. The predicted octanol–water partition coefficient (Wildman–Crippen LogP) is 0.224. The number of amides is 1. The molecule has 1 heterocycles. The molecule has 5 nitrogen and oxygen atoms in total. The number of carbonyl (C=O) groups is 1. The number of hydrogen-bond donors (Lipinski definition) is 1. The van der Waals surface area contributed by atoms with E-state index in [0.29, 0.717) is 19.8 Å². The topological polar surface area (TPSA) is 59.0 Å². The quantitative estimate of drug-likeness (QED) is 0.697. The molecule has 1 fully saturated rings. The summed E-state index contributed by atoms with van der Waals surface area (Å²) in [6.45, 7) is 4.81. The molecular weight excluding hydrogens is 186 g/mol. The predicted molar refractivity (Wildman–Crippen MR) is 50.0 cm³/mol. The Balaban J connectivity index is 2.51. The van der Waals surface area contributed by atoms with E-state index in [9.17, 15) is 4.79 Å². The van der Waals surface area contributed by atoms with Gasteiger partial charge in [-0.1, -0.05) is 0 Å². The van der Waals surface area contributed by atoms with Gasteiger partial charge >= 0.3 is 6.09 Å². The molecule has 5 heteroatoms. The third-order valence-electron chi connectivity index (χ3n) is 2.21. The molecule has 82 valence electrons. The number of carbonyl (C=O) groups excluding carboxylic acids is 1. The van der Waals surface area contributed by atoms with Crippen LogP contribution in [0.3, 0.4) is 0 Å². The minimum absolute atomic E-state index is 0.0110. The average molecular weight is 203 g/mol. The molecule has 14 heavy (non-hydrogen) atoms. The Morgan fingerprint density at radius 2 is 2.43 bits per heavy atom. The van der Waals surface area contributed by atoms with E-state index in [1.165, 1.54) is 0 Å². The maximum absolute atomic E-state index is 11.4. The molecule has 1 N–H and O–H groups in total. The van der Waals surface area contributed by atoms with Gasteiger partial charge in [0.2, 0.25) is 0 Å². The fourth-order valence-corrected chi connectivity index (χ4v) is 1.39. The van der Waals surface area contributed by atoms with Gasteiger partial charge in [-0.05, 0) is 13.8 Å². The molecule has 0 radical (unpaired) electrons. The normalized spacial score (nSPS) is 27.5. The summed E-state index contributed by atoms with van der Waals surface area (Å²) in [6, 6.07) is 0.0110. The number of aliphatic hydroxyl groups is 1. The summed E-state index contributed by atoms with van der Waals surface area (Å²) in [5.41, 5.74) is 0. The largest absolute Gasteiger partial charge is 0.450 e. The van der Waals surface area contributed by atoms with Gasteiger partial charge in [-0.25, -0.2) is 4.79 Å². The minimum Gasteiger partial charge on any atom is -0.450 e. The summed E-state index contributed by atoms with van der Waals surface area (Å²) in [4.78, 5) is 13.0. The van der Waals surface area contributed by atoms with E-state index in [0.717, 1.165) is 0 Å². The molecule has 1 saturated heterocycles. The lowest BCUT2D eigenvalue weighted by molar-refractivity contribution is -0.0719. The highest BCUT2D eigenvalue weighted by atomic mass is 16.6. The maximum atomic E-state index is 11.4. The van der Waals surface area contributed by atoms with E-state index < -0.39 is 0 Å². The van der Waals surface area contributed by atoms with Crippen LogP contribution < -0.4 is 0 Å². The van der Waals surface area contributed by atoms with Gasteiger partial charge in [0.05, 0.1) is 38.5 Å². The summed E-state index contributed by atoms with van der Waals surface area (Å²) in [7, 11) is 0. The second-order valence-corrected chi connectivity index (χ2v) is 3.34. The van der Waals surface area contributed by atoms with Crippen LogP contribution >= 0.6 is 0 Å². The highest BCUT2D eigenvalue weighted by Crippen LogP contribution is 2.12. The lowest BCUT2D eigenvalue weighted by Crippen LogP contribution is -2.52.